The van der Waals surface area contributed by atoms with Crippen molar-refractivity contribution in [2.24, 2.45) is 0 Å². The van der Waals surface area contributed by atoms with Crippen LogP contribution in [0.2, 0.25) is 0 Å². The van der Waals surface area contributed by atoms with Crippen molar-refractivity contribution in [1.29, 1.82) is 0 Å². The Morgan fingerprint density at radius 2 is 1.67 bits per heavy atom. The third-order valence-corrected chi connectivity index (χ3v) is 9.03. The van der Waals surface area contributed by atoms with Gasteiger partial charge in [0, 0.05) is 34.5 Å². The van der Waals surface area contributed by atoms with Crippen LogP contribution < -0.4 is 24.8 Å². The molecule has 0 radical (unpaired) electrons. The molecule has 5 aromatic rings. The molecule has 4 N–H and O–H groups in total. The standard InChI is InChI=1S/C33H31N3O6S/c1-41-23-13-15-24(16-14-23)43(39,40)36-29-19-28(32(37)27-11-5-4-10-26(27)29)31-25-9-3-2-7-21(25)12-17-30(31)42-33(38)35-20-22-8-6-18-34-22/h2-5,7,9-17,19,22,34,36-37H,6,8,18,20H2,1H3,(H,35,38)/t22-/m1/s1. The molecule has 220 valence electrons. The van der Waals surface area contributed by atoms with Crippen molar-refractivity contribution < 1.29 is 27.8 Å². The van der Waals surface area contributed by atoms with Gasteiger partial charge < -0.3 is 25.2 Å². The number of amides is 1. The van der Waals surface area contributed by atoms with E-state index in [0.29, 0.717) is 34.2 Å². The number of carbonyl (C=O) groups is 1. The summed E-state index contributed by atoms with van der Waals surface area (Å²) in [6.07, 6.45) is 1.41. The molecule has 0 aliphatic carbocycles. The number of ether oxygens (including phenoxy) is 2. The third kappa shape index (κ3) is 5.79. The van der Waals surface area contributed by atoms with Gasteiger partial charge in [0.05, 0.1) is 17.7 Å². The summed E-state index contributed by atoms with van der Waals surface area (Å²) in [6.45, 7) is 1.35. The molecular weight excluding hydrogens is 566 g/mol. The summed E-state index contributed by atoms with van der Waals surface area (Å²) in [5.41, 5.74) is 1.03. The van der Waals surface area contributed by atoms with E-state index < -0.39 is 16.1 Å². The number of nitrogens with one attached hydrogen (secondary N) is 3. The fourth-order valence-electron chi connectivity index (χ4n) is 5.48. The minimum atomic E-state index is -4.02. The topological polar surface area (TPSA) is 126 Å². The van der Waals surface area contributed by atoms with Crippen LogP contribution in [0.5, 0.6) is 17.2 Å². The second-order valence-corrected chi connectivity index (χ2v) is 12.1. The third-order valence-electron chi connectivity index (χ3n) is 7.65. The van der Waals surface area contributed by atoms with E-state index in [1.165, 1.54) is 19.2 Å². The highest BCUT2D eigenvalue weighted by molar-refractivity contribution is 7.92. The van der Waals surface area contributed by atoms with Crippen LogP contribution in [0.1, 0.15) is 12.8 Å². The number of benzene rings is 5. The first-order valence-electron chi connectivity index (χ1n) is 14.0. The lowest BCUT2D eigenvalue weighted by Gasteiger charge is -2.19. The van der Waals surface area contributed by atoms with Crippen LogP contribution in [0, 0.1) is 0 Å². The summed E-state index contributed by atoms with van der Waals surface area (Å²) in [7, 11) is -2.51. The highest BCUT2D eigenvalue weighted by Gasteiger charge is 2.23. The van der Waals surface area contributed by atoms with E-state index in [1.807, 2.05) is 30.3 Å². The Kier molecular flexibility index (Phi) is 7.79. The number of hydrogen-bond donors (Lipinski definition) is 4. The molecule has 1 heterocycles. The Morgan fingerprint density at radius 3 is 2.40 bits per heavy atom. The number of anilines is 1. The smallest absolute Gasteiger partial charge is 0.412 e. The average Bonchev–Trinajstić information content (AvgIpc) is 3.55. The van der Waals surface area contributed by atoms with E-state index in [1.54, 1.807) is 48.5 Å². The van der Waals surface area contributed by atoms with E-state index in [0.717, 1.165) is 30.2 Å². The summed E-state index contributed by atoms with van der Waals surface area (Å²) in [4.78, 5) is 13.0. The lowest BCUT2D eigenvalue weighted by atomic mass is 9.93. The van der Waals surface area contributed by atoms with Crippen LogP contribution in [-0.4, -0.2) is 45.9 Å². The Morgan fingerprint density at radius 1 is 0.953 bits per heavy atom. The molecule has 5 aromatic carbocycles. The normalized spacial score (nSPS) is 15.0. The van der Waals surface area contributed by atoms with E-state index in [-0.39, 0.29) is 28.1 Å². The second kappa shape index (κ2) is 11.8. The number of aromatic hydroxyl groups is 1. The van der Waals surface area contributed by atoms with Gasteiger partial charge >= 0.3 is 6.09 Å². The van der Waals surface area contributed by atoms with Gasteiger partial charge in [0.15, 0.2) is 0 Å². The zero-order valence-electron chi connectivity index (χ0n) is 23.5. The molecule has 0 spiro atoms. The fraction of sp³-hybridized carbons (Fsp3) is 0.182. The first-order chi connectivity index (χ1) is 20.8. The molecule has 10 heteroatoms. The van der Waals surface area contributed by atoms with E-state index in [9.17, 15) is 18.3 Å². The van der Waals surface area contributed by atoms with Crippen LogP contribution in [0.3, 0.4) is 0 Å². The van der Waals surface area contributed by atoms with Crippen molar-refractivity contribution in [3.05, 3.63) is 91.0 Å². The van der Waals surface area contributed by atoms with Crippen LogP contribution in [-0.2, 0) is 10.0 Å². The Bertz CT molecular complexity index is 1920. The maximum Gasteiger partial charge on any atom is 0.412 e. The predicted octanol–water partition coefficient (Wildman–Crippen LogP) is 6.02. The maximum atomic E-state index is 13.5. The van der Waals surface area contributed by atoms with Crippen LogP contribution in [0.4, 0.5) is 10.5 Å². The fourth-order valence-corrected chi connectivity index (χ4v) is 6.55. The van der Waals surface area contributed by atoms with Gasteiger partial charge in [-0.3, -0.25) is 4.72 Å². The largest absolute Gasteiger partial charge is 0.507 e. The van der Waals surface area contributed by atoms with E-state index in [4.69, 9.17) is 9.47 Å². The van der Waals surface area contributed by atoms with Gasteiger partial charge in [-0.1, -0.05) is 54.6 Å². The molecule has 1 aliphatic heterocycles. The Balaban J connectivity index is 1.46. The van der Waals surface area contributed by atoms with Crippen molar-refractivity contribution in [2.45, 2.75) is 23.8 Å². The number of rotatable bonds is 8. The molecule has 1 aliphatic rings. The Labute approximate surface area is 249 Å². The van der Waals surface area contributed by atoms with Crippen LogP contribution in [0.25, 0.3) is 32.7 Å². The molecule has 43 heavy (non-hydrogen) atoms. The van der Waals surface area contributed by atoms with Gasteiger partial charge in [-0.2, -0.15) is 0 Å². The number of carbonyl (C=O) groups excluding carboxylic acids is 1. The summed E-state index contributed by atoms with van der Waals surface area (Å²) < 4.78 is 40.7. The molecule has 0 saturated carbocycles. The van der Waals surface area contributed by atoms with Gasteiger partial charge in [-0.05, 0) is 66.6 Å². The SMILES string of the molecule is COc1ccc(S(=O)(=O)Nc2cc(-c3c(OC(=O)NC[C@H]4CCCN4)ccc4ccccc34)c(O)c3ccccc23)cc1. The first kappa shape index (κ1) is 28.3. The van der Waals surface area contributed by atoms with Gasteiger partial charge in [-0.25, -0.2) is 13.2 Å². The van der Waals surface area contributed by atoms with Gasteiger partial charge in [0.25, 0.3) is 10.0 Å². The maximum absolute atomic E-state index is 13.5. The number of methoxy groups -OCH3 is 1. The van der Waals surface area contributed by atoms with Crippen molar-refractivity contribution in [1.82, 2.24) is 10.6 Å². The number of phenolic OH excluding ortho intramolecular Hbond substituents is 1. The summed E-state index contributed by atoms with van der Waals surface area (Å²) in [5.74, 6) is 0.688. The van der Waals surface area contributed by atoms with E-state index in [2.05, 4.69) is 15.4 Å². The van der Waals surface area contributed by atoms with Gasteiger partial charge in [0.1, 0.15) is 17.2 Å². The van der Waals surface area contributed by atoms with Crippen molar-refractivity contribution in [2.75, 3.05) is 24.9 Å². The number of fused-ring (bicyclic) bond motifs is 2. The van der Waals surface area contributed by atoms with Crippen molar-refractivity contribution in [3.8, 4) is 28.4 Å². The van der Waals surface area contributed by atoms with Crippen molar-refractivity contribution >= 4 is 43.3 Å². The number of phenols is 1. The quantitative estimate of drug-likeness (QED) is 0.161. The molecule has 1 saturated heterocycles. The van der Waals surface area contributed by atoms with E-state index >= 15 is 0 Å². The number of sulfonamides is 1. The summed E-state index contributed by atoms with van der Waals surface area (Å²) in [5, 5.41) is 20.3. The lowest BCUT2D eigenvalue weighted by molar-refractivity contribution is 0.199. The molecule has 1 fully saturated rings. The summed E-state index contributed by atoms with van der Waals surface area (Å²) >= 11 is 0. The highest BCUT2D eigenvalue weighted by Crippen LogP contribution is 2.46. The zero-order valence-corrected chi connectivity index (χ0v) is 24.3. The molecule has 0 bridgehead atoms. The first-order valence-corrected chi connectivity index (χ1v) is 15.4. The van der Waals surface area contributed by atoms with Crippen LogP contribution in [0.15, 0.2) is 95.9 Å². The predicted molar refractivity (Wildman–Crippen MR) is 167 cm³/mol. The van der Waals surface area contributed by atoms with Gasteiger partial charge in [-0.15, -0.1) is 0 Å². The monoisotopic (exact) mass is 597 g/mol. The molecular formula is C33H31N3O6S. The lowest BCUT2D eigenvalue weighted by Crippen LogP contribution is -2.38. The molecule has 6 rings (SSSR count). The molecule has 9 nitrogen and oxygen atoms in total. The van der Waals surface area contributed by atoms with Crippen LogP contribution >= 0.6 is 0 Å². The average molecular weight is 598 g/mol. The summed E-state index contributed by atoms with van der Waals surface area (Å²) in [6, 6.07) is 25.9. The molecule has 1 amide bonds. The molecule has 0 unspecified atom stereocenters. The van der Waals surface area contributed by atoms with Crippen molar-refractivity contribution in [3.63, 3.8) is 0 Å². The minimum absolute atomic E-state index is 0.0506. The zero-order chi connectivity index (χ0) is 30.0. The molecule has 1 atom stereocenters. The second-order valence-electron chi connectivity index (χ2n) is 10.4. The number of hydrogen-bond acceptors (Lipinski definition) is 7. The Hall–Kier alpha value is -4.80. The van der Waals surface area contributed by atoms with Gasteiger partial charge in [0.2, 0.25) is 0 Å². The highest BCUT2D eigenvalue weighted by atomic mass is 32.2. The molecule has 0 aromatic heterocycles. The minimum Gasteiger partial charge on any atom is -0.507 e.